The van der Waals surface area contributed by atoms with Crippen LogP contribution in [0, 0.1) is 0 Å². The van der Waals surface area contributed by atoms with E-state index in [1.165, 1.54) is 7.11 Å². The number of nitrogens with zero attached hydrogens (tertiary/aromatic N) is 2. The number of hydrogen-bond acceptors (Lipinski definition) is 5. The number of fused-ring (bicyclic) bond motifs is 1. The van der Waals surface area contributed by atoms with Crippen LogP contribution < -0.4 is 20.1 Å². The van der Waals surface area contributed by atoms with Crippen LogP contribution in [0.1, 0.15) is 40.4 Å². The first-order valence-corrected chi connectivity index (χ1v) is 8.81. The van der Waals surface area contributed by atoms with Gasteiger partial charge >= 0.3 is 0 Å². The Labute approximate surface area is 157 Å². The van der Waals surface area contributed by atoms with Crippen LogP contribution in [0.2, 0.25) is 0 Å². The lowest BCUT2D eigenvalue weighted by Crippen LogP contribution is -2.36. The highest BCUT2D eigenvalue weighted by Gasteiger charge is 2.27. The molecule has 0 saturated carbocycles. The smallest absolute Gasteiger partial charge is 0.271 e. The van der Waals surface area contributed by atoms with Crippen molar-refractivity contribution >= 4 is 11.8 Å². The molecule has 0 spiro atoms. The molecule has 0 unspecified atom stereocenters. The third kappa shape index (κ3) is 4.05. The minimum atomic E-state index is -0.219. The lowest BCUT2D eigenvalue weighted by atomic mass is 10.1. The number of carbonyl (C=O) groups excluding carboxylic acids is 2. The number of nitrogens with one attached hydrogen (secondary N) is 2. The zero-order valence-electron chi connectivity index (χ0n) is 15.9. The molecule has 2 aromatic rings. The van der Waals surface area contributed by atoms with Gasteiger partial charge < -0.3 is 20.1 Å². The molecule has 1 aliphatic heterocycles. The Balaban J connectivity index is 1.65. The molecule has 0 radical (unpaired) electrons. The highest BCUT2D eigenvalue weighted by Crippen LogP contribution is 2.25. The van der Waals surface area contributed by atoms with Crippen molar-refractivity contribution < 1.29 is 19.1 Å². The topological polar surface area (TPSA) is 94.5 Å². The van der Waals surface area contributed by atoms with Crippen molar-refractivity contribution in [1.82, 2.24) is 20.4 Å². The van der Waals surface area contributed by atoms with Crippen LogP contribution in [0.25, 0.3) is 0 Å². The Kier molecular flexibility index (Phi) is 5.34. The summed E-state index contributed by atoms with van der Waals surface area (Å²) < 4.78 is 12.2. The lowest BCUT2D eigenvalue weighted by molar-refractivity contribution is 0.0922. The summed E-state index contributed by atoms with van der Waals surface area (Å²) in [6, 6.07) is 6.81. The SMILES string of the molecule is COc1ccc(C(=O)N[C@H]2Cc3cc(C(=O)NC(C)C)nn3C2)c(OC)c1. The second-order valence-corrected chi connectivity index (χ2v) is 6.77. The number of benzene rings is 1. The average Bonchev–Trinajstić information content (AvgIpc) is 3.19. The maximum absolute atomic E-state index is 12.6. The predicted octanol–water partition coefficient (Wildman–Crippen LogP) is 1.39. The Bertz CT molecular complexity index is 836. The molecule has 1 atom stereocenters. The first-order valence-electron chi connectivity index (χ1n) is 8.81. The molecule has 0 fully saturated rings. The Morgan fingerprint density at radius 1 is 1.19 bits per heavy atom. The molecule has 27 heavy (non-hydrogen) atoms. The molecule has 2 N–H and O–H groups in total. The van der Waals surface area contributed by atoms with Gasteiger partial charge in [0, 0.05) is 24.2 Å². The summed E-state index contributed by atoms with van der Waals surface area (Å²) in [6.07, 6.45) is 0.617. The maximum Gasteiger partial charge on any atom is 0.271 e. The standard InChI is InChI=1S/C19H24N4O4/c1-11(2)20-19(25)16-8-13-7-12(10-23(13)22-16)21-18(24)15-6-5-14(26-3)9-17(15)27-4/h5-6,8-9,11-12H,7,10H2,1-4H3,(H,20,25)(H,21,24)/t12-/m0/s1. The van der Waals surface area contributed by atoms with E-state index in [-0.39, 0.29) is 23.9 Å². The van der Waals surface area contributed by atoms with E-state index in [0.29, 0.717) is 35.7 Å². The molecule has 1 aromatic heterocycles. The molecule has 0 bridgehead atoms. The lowest BCUT2D eigenvalue weighted by Gasteiger charge is -2.14. The van der Waals surface area contributed by atoms with E-state index in [9.17, 15) is 9.59 Å². The van der Waals surface area contributed by atoms with Gasteiger partial charge in [-0.15, -0.1) is 0 Å². The van der Waals surface area contributed by atoms with Gasteiger partial charge in [-0.1, -0.05) is 0 Å². The predicted molar refractivity (Wildman–Crippen MR) is 99.3 cm³/mol. The highest BCUT2D eigenvalue weighted by molar-refractivity contribution is 5.97. The number of hydrogen-bond donors (Lipinski definition) is 2. The molecule has 3 rings (SSSR count). The van der Waals surface area contributed by atoms with Crippen LogP contribution in [-0.2, 0) is 13.0 Å². The van der Waals surface area contributed by atoms with Crippen LogP contribution >= 0.6 is 0 Å². The largest absolute Gasteiger partial charge is 0.497 e. The first kappa shape index (κ1) is 18.8. The first-order chi connectivity index (χ1) is 12.9. The summed E-state index contributed by atoms with van der Waals surface area (Å²) in [5, 5.41) is 10.2. The number of ether oxygens (including phenoxy) is 2. The van der Waals surface area contributed by atoms with E-state index in [1.54, 1.807) is 36.1 Å². The van der Waals surface area contributed by atoms with Crippen LogP contribution in [0.3, 0.4) is 0 Å². The van der Waals surface area contributed by atoms with Gasteiger partial charge in [0.05, 0.1) is 32.4 Å². The van der Waals surface area contributed by atoms with Gasteiger partial charge in [0.2, 0.25) is 0 Å². The summed E-state index contributed by atoms with van der Waals surface area (Å²) in [7, 11) is 3.07. The molecule has 0 aliphatic carbocycles. The maximum atomic E-state index is 12.6. The van der Waals surface area contributed by atoms with Crippen LogP contribution in [-0.4, -0.2) is 47.9 Å². The van der Waals surface area contributed by atoms with Gasteiger partial charge in [-0.3, -0.25) is 14.3 Å². The average molecular weight is 372 g/mol. The summed E-state index contributed by atoms with van der Waals surface area (Å²) in [6.45, 7) is 4.33. The van der Waals surface area contributed by atoms with Crippen LogP contribution in [0.4, 0.5) is 0 Å². The van der Waals surface area contributed by atoms with E-state index in [0.717, 1.165) is 5.69 Å². The van der Waals surface area contributed by atoms with E-state index in [4.69, 9.17) is 9.47 Å². The van der Waals surface area contributed by atoms with E-state index in [2.05, 4.69) is 15.7 Å². The van der Waals surface area contributed by atoms with E-state index >= 15 is 0 Å². The zero-order chi connectivity index (χ0) is 19.6. The van der Waals surface area contributed by atoms with Crippen molar-refractivity contribution in [2.45, 2.75) is 38.9 Å². The third-order valence-corrected chi connectivity index (χ3v) is 4.35. The molecule has 1 aliphatic rings. The van der Waals surface area contributed by atoms with E-state index in [1.807, 2.05) is 13.8 Å². The van der Waals surface area contributed by atoms with Crippen LogP contribution in [0.5, 0.6) is 11.5 Å². The van der Waals surface area contributed by atoms with Crippen molar-refractivity contribution in [2.75, 3.05) is 14.2 Å². The molecule has 1 aromatic carbocycles. The quantitative estimate of drug-likeness (QED) is 0.799. The Morgan fingerprint density at radius 2 is 1.96 bits per heavy atom. The summed E-state index contributed by atoms with van der Waals surface area (Å²) in [4.78, 5) is 24.7. The number of amides is 2. The van der Waals surface area contributed by atoms with Gasteiger partial charge in [-0.2, -0.15) is 5.10 Å². The molecular formula is C19H24N4O4. The minimum absolute atomic E-state index is 0.0561. The molecule has 0 saturated heterocycles. The van der Waals surface area contributed by atoms with Crippen molar-refractivity contribution in [1.29, 1.82) is 0 Å². The van der Waals surface area contributed by atoms with Gasteiger partial charge in [0.25, 0.3) is 11.8 Å². The molecule has 144 valence electrons. The van der Waals surface area contributed by atoms with Crippen LogP contribution in [0.15, 0.2) is 24.3 Å². The number of rotatable bonds is 6. The summed E-state index contributed by atoms with van der Waals surface area (Å²) in [5.74, 6) is 0.672. The van der Waals surface area contributed by atoms with Crippen molar-refractivity contribution in [3.8, 4) is 11.5 Å². The van der Waals surface area contributed by atoms with Gasteiger partial charge in [0.1, 0.15) is 17.2 Å². The Morgan fingerprint density at radius 3 is 2.59 bits per heavy atom. The minimum Gasteiger partial charge on any atom is -0.497 e. The third-order valence-electron chi connectivity index (χ3n) is 4.35. The second kappa shape index (κ2) is 7.69. The summed E-state index contributed by atoms with van der Waals surface area (Å²) >= 11 is 0. The molecule has 8 nitrogen and oxygen atoms in total. The molecule has 2 amide bonds. The fourth-order valence-electron chi connectivity index (χ4n) is 3.10. The van der Waals surface area contributed by atoms with Crippen molar-refractivity contribution in [3.05, 3.63) is 41.2 Å². The normalized spacial score (nSPS) is 15.4. The zero-order valence-corrected chi connectivity index (χ0v) is 15.9. The van der Waals surface area contributed by atoms with Crippen molar-refractivity contribution in [3.63, 3.8) is 0 Å². The monoisotopic (exact) mass is 372 g/mol. The van der Waals surface area contributed by atoms with Gasteiger partial charge in [-0.05, 0) is 32.0 Å². The highest BCUT2D eigenvalue weighted by atomic mass is 16.5. The molecule has 2 heterocycles. The van der Waals surface area contributed by atoms with Gasteiger partial charge in [0.15, 0.2) is 0 Å². The fourth-order valence-corrected chi connectivity index (χ4v) is 3.10. The number of aromatic nitrogens is 2. The molecule has 8 heteroatoms. The fraction of sp³-hybridized carbons (Fsp3) is 0.421. The number of methoxy groups -OCH3 is 2. The summed E-state index contributed by atoms with van der Waals surface area (Å²) in [5.41, 5.74) is 1.77. The Hall–Kier alpha value is -3.03. The molecular weight excluding hydrogens is 348 g/mol. The van der Waals surface area contributed by atoms with Gasteiger partial charge in [-0.25, -0.2) is 0 Å². The number of carbonyl (C=O) groups is 2. The van der Waals surface area contributed by atoms with E-state index < -0.39 is 0 Å². The van der Waals surface area contributed by atoms with Crippen molar-refractivity contribution in [2.24, 2.45) is 0 Å². The second-order valence-electron chi connectivity index (χ2n) is 6.77.